The molecule has 5 heteroatoms. The van der Waals surface area contributed by atoms with E-state index in [-0.39, 0.29) is 4.08 Å². The minimum absolute atomic E-state index is 0.183. The van der Waals surface area contributed by atoms with E-state index in [0.717, 1.165) is 10.2 Å². The SMILES string of the molecule is CC1(c2ccc(N=C=S)c(Br)c2)SCCS1. The summed E-state index contributed by atoms with van der Waals surface area (Å²) in [6, 6.07) is 6.25. The molecule has 1 aromatic rings. The number of isothiocyanates is 1. The van der Waals surface area contributed by atoms with Gasteiger partial charge in [0.25, 0.3) is 0 Å². The Kier molecular flexibility index (Phi) is 4.14. The Morgan fingerprint density at radius 3 is 2.69 bits per heavy atom. The van der Waals surface area contributed by atoms with Crippen molar-refractivity contribution < 1.29 is 0 Å². The molecule has 1 fully saturated rings. The van der Waals surface area contributed by atoms with Crippen LogP contribution in [0.1, 0.15) is 12.5 Å². The lowest BCUT2D eigenvalue weighted by atomic mass is 10.1. The molecule has 0 unspecified atom stereocenters. The summed E-state index contributed by atoms with van der Waals surface area (Å²) in [5.74, 6) is 2.44. The number of aliphatic imine (C=N–C) groups is 1. The minimum Gasteiger partial charge on any atom is -0.194 e. The summed E-state index contributed by atoms with van der Waals surface area (Å²) < 4.78 is 1.17. The molecule has 1 aliphatic heterocycles. The van der Waals surface area contributed by atoms with Crippen molar-refractivity contribution in [2.45, 2.75) is 11.0 Å². The smallest absolute Gasteiger partial charge is 0.0881 e. The third-order valence-corrected chi connectivity index (χ3v) is 6.56. The van der Waals surface area contributed by atoms with Crippen molar-refractivity contribution >= 4 is 62.5 Å². The third kappa shape index (κ3) is 2.54. The van der Waals surface area contributed by atoms with Crippen LogP contribution in [0.25, 0.3) is 0 Å². The first-order valence-corrected chi connectivity index (χ1v) is 7.99. The van der Waals surface area contributed by atoms with Gasteiger partial charge < -0.3 is 0 Å². The van der Waals surface area contributed by atoms with Gasteiger partial charge >= 0.3 is 0 Å². The van der Waals surface area contributed by atoms with Gasteiger partial charge in [-0.15, -0.1) is 23.5 Å². The summed E-state index contributed by atoms with van der Waals surface area (Å²) in [5, 5.41) is 2.39. The summed E-state index contributed by atoms with van der Waals surface area (Å²) in [4.78, 5) is 4.00. The summed E-state index contributed by atoms with van der Waals surface area (Å²) in [6.07, 6.45) is 0. The summed E-state index contributed by atoms with van der Waals surface area (Å²) in [6.45, 7) is 2.28. The molecule has 1 aromatic carbocycles. The van der Waals surface area contributed by atoms with Crippen LogP contribution >= 0.6 is 51.7 Å². The molecule has 0 saturated carbocycles. The summed E-state index contributed by atoms with van der Waals surface area (Å²) in [5.41, 5.74) is 2.17. The van der Waals surface area contributed by atoms with Crippen molar-refractivity contribution in [1.29, 1.82) is 0 Å². The molecule has 2 rings (SSSR count). The second kappa shape index (κ2) is 5.23. The quantitative estimate of drug-likeness (QED) is 0.568. The Labute approximate surface area is 118 Å². The lowest BCUT2D eigenvalue weighted by molar-refractivity contribution is 1.02. The maximum Gasteiger partial charge on any atom is 0.0881 e. The van der Waals surface area contributed by atoms with Gasteiger partial charge in [-0.1, -0.05) is 6.07 Å². The monoisotopic (exact) mass is 331 g/mol. The van der Waals surface area contributed by atoms with Crippen LogP contribution in [0, 0.1) is 0 Å². The highest BCUT2D eigenvalue weighted by Crippen LogP contribution is 2.52. The predicted molar refractivity (Wildman–Crippen MR) is 81.1 cm³/mol. The average Bonchev–Trinajstić information content (AvgIpc) is 2.70. The number of thiocarbonyl (C=S) groups is 1. The minimum atomic E-state index is 0.183. The van der Waals surface area contributed by atoms with Crippen LogP contribution in [0.4, 0.5) is 5.69 Å². The van der Waals surface area contributed by atoms with Gasteiger partial charge in [-0.25, -0.2) is 0 Å². The van der Waals surface area contributed by atoms with Gasteiger partial charge in [0.05, 0.1) is 14.9 Å². The largest absolute Gasteiger partial charge is 0.194 e. The van der Waals surface area contributed by atoms with Gasteiger partial charge in [0.15, 0.2) is 0 Å². The van der Waals surface area contributed by atoms with E-state index < -0.39 is 0 Å². The van der Waals surface area contributed by atoms with E-state index >= 15 is 0 Å². The number of halogens is 1. The Morgan fingerprint density at radius 2 is 2.12 bits per heavy atom. The number of benzene rings is 1. The molecule has 0 aromatic heterocycles. The highest BCUT2D eigenvalue weighted by molar-refractivity contribution is 9.10. The zero-order valence-corrected chi connectivity index (χ0v) is 12.7. The number of hydrogen-bond donors (Lipinski definition) is 0. The first kappa shape index (κ1) is 12.7. The first-order chi connectivity index (χ1) is 7.65. The van der Waals surface area contributed by atoms with E-state index in [2.05, 4.69) is 57.4 Å². The zero-order valence-electron chi connectivity index (χ0n) is 8.70. The molecule has 0 radical (unpaired) electrons. The fourth-order valence-electron chi connectivity index (χ4n) is 1.61. The number of hydrogen-bond acceptors (Lipinski definition) is 4. The Balaban J connectivity index is 2.37. The molecule has 0 amide bonds. The molecule has 1 aliphatic rings. The Bertz CT molecular complexity index is 449. The van der Waals surface area contributed by atoms with Gasteiger partial charge in [0.1, 0.15) is 0 Å². The van der Waals surface area contributed by atoms with Crippen molar-refractivity contribution in [3.63, 3.8) is 0 Å². The zero-order chi connectivity index (χ0) is 11.6. The van der Waals surface area contributed by atoms with Crippen molar-refractivity contribution in [2.75, 3.05) is 11.5 Å². The molecule has 0 spiro atoms. The summed E-state index contributed by atoms with van der Waals surface area (Å²) in [7, 11) is 0. The number of thioether (sulfide) groups is 2. The van der Waals surface area contributed by atoms with E-state index in [0.29, 0.717) is 0 Å². The molecule has 1 nitrogen and oxygen atoms in total. The average molecular weight is 332 g/mol. The summed E-state index contributed by atoms with van der Waals surface area (Å²) >= 11 is 12.1. The van der Waals surface area contributed by atoms with Crippen molar-refractivity contribution in [3.8, 4) is 0 Å². The number of rotatable bonds is 2. The van der Waals surface area contributed by atoms with Gasteiger partial charge in [-0.2, -0.15) is 4.99 Å². The topological polar surface area (TPSA) is 12.4 Å². The maximum atomic E-state index is 4.61. The normalized spacial score (nSPS) is 18.1. The first-order valence-electron chi connectivity index (χ1n) is 4.81. The van der Waals surface area contributed by atoms with Crippen LogP contribution < -0.4 is 0 Å². The molecule has 0 bridgehead atoms. The Hall–Kier alpha value is 0.200. The molecule has 0 atom stereocenters. The van der Waals surface area contributed by atoms with E-state index in [1.807, 2.05) is 29.6 Å². The molecule has 1 heterocycles. The van der Waals surface area contributed by atoms with E-state index in [1.54, 1.807) is 0 Å². The van der Waals surface area contributed by atoms with E-state index in [9.17, 15) is 0 Å². The molecular weight excluding hydrogens is 322 g/mol. The van der Waals surface area contributed by atoms with Gasteiger partial charge in [0, 0.05) is 16.0 Å². The standard InChI is InChI=1S/C11H10BrNS3/c1-11(15-4-5-16-11)8-2-3-10(13-7-14)9(12)6-8/h2-3,6H,4-5H2,1H3. The molecule has 0 N–H and O–H groups in total. The molecule has 84 valence electrons. The van der Waals surface area contributed by atoms with Crippen LogP contribution in [0.15, 0.2) is 27.7 Å². The number of nitrogens with zero attached hydrogens (tertiary/aromatic N) is 1. The highest BCUT2D eigenvalue weighted by Gasteiger charge is 2.32. The van der Waals surface area contributed by atoms with Crippen molar-refractivity contribution in [2.24, 2.45) is 4.99 Å². The second-order valence-electron chi connectivity index (χ2n) is 3.51. The van der Waals surface area contributed by atoms with Crippen molar-refractivity contribution in [1.82, 2.24) is 0 Å². The fraction of sp³-hybridized carbons (Fsp3) is 0.364. The molecular formula is C11H10BrNS3. The van der Waals surface area contributed by atoms with Gasteiger partial charge in [-0.3, -0.25) is 0 Å². The van der Waals surface area contributed by atoms with E-state index in [4.69, 9.17) is 0 Å². The van der Waals surface area contributed by atoms with Crippen LogP contribution in [0.2, 0.25) is 0 Å². The Morgan fingerprint density at radius 1 is 1.44 bits per heavy atom. The third-order valence-electron chi connectivity index (χ3n) is 2.48. The van der Waals surface area contributed by atoms with Crippen LogP contribution in [0.3, 0.4) is 0 Å². The van der Waals surface area contributed by atoms with Crippen LogP contribution in [-0.2, 0) is 4.08 Å². The second-order valence-corrected chi connectivity index (χ2v) is 7.83. The maximum absolute atomic E-state index is 4.61. The van der Waals surface area contributed by atoms with Gasteiger partial charge in [0.2, 0.25) is 0 Å². The van der Waals surface area contributed by atoms with E-state index in [1.165, 1.54) is 17.1 Å². The van der Waals surface area contributed by atoms with Crippen molar-refractivity contribution in [3.05, 3.63) is 28.2 Å². The molecule has 16 heavy (non-hydrogen) atoms. The predicted octanol–water partition coefficient (Wildman–Crippen LogP) is 4.84. The van der Waals surface area contributed by atoms with Crippen LogP contribution in [0.5, 0.6) is 0 Å². The molecule has 0 aliphatic carbocycles. The highest BCUT2D eigenvalue weighted by atomic mass is 79.9. The lowest BCUT2D eigenvalue weighted by Crippen LogP contribution is -2.07. The fourth-order valence-corrected chi connectivity index (χ4v) is 5.04. The molecule has 1 saturated heterocycles. The van der Waals surface area contributed by atoms with Gasteiger partial charge in [-0.05, 0) is 52.8 Å². The lowest BCUT2D eigenvalue weighted by Gasteiger charge is -2.22. The van der Waals surface area contributed by atoms with Crippen LogP contribution in [-0.4, -0.2) is 16.7 Å².